The zero-order chi connectivity index (χ0) is 16.5. The minimum atomic E-state index is -0.0490. The summed E-state index contributed by atoms with van der Waals surface area (Å²) in [6, 6.07) is 16.9. The standard InChI is InChI=1S/C17H15BrN2O2S/c18-13-4-6-16(7-5-13)23-11-8-17(21)20-14-2-1-3-15(12-14)22-10-9-19/h1-7,12H,8,10-11H2,(H,20,21). The minimum absolute atomic E-state index is 0.0127. The molecule has 0 aliphatic rings. The van der Waals surface area contributed by atoms with Gasteiger partial charge in [0.25, 0.3) is 0 Å². The van der Waals surface area contributed by atoms with Gasteiger partial charge in [-0.15, -0.1) is 11.8 Å². The topological polar surface area (TPSA) is 62.1 Å². The van der Waals surface area contributed by atoms with E-state index < -0.39 is 0 Å². The molecule has 2 aromatic carbocycles. The molecule has 0 fully saturated rings. The van der Waals surface area contributed by atoms with E-state index in [2.05, 4.69) is 21.2 Å². The highest BCUT2D eigenvalue weighted by Crippen LogP contribution is 2.22. The summed E-state index contributed by atoms with van der Waals surface area (Å²) in [5, 5.41) is 11.3. The second kappa shape index (κ2) is 9.23. The van der Waals surface area contributed by atoms with Gasteiger partial charge in [-0.25, -0.2) is 0 Å². The molecule has 0 bridgehead atoms. The molecular formula is C17H15BrN2O2S. The number of anilines is 1. The number of nitriles is 1. The lowest BCUT2D eigenvalue weighted by Gasteiger charge is -2.07. The van der Waals surface area contributed by atoms with Crippen molar-refractivity contribution < 1.29 is 9.53 Å². The first-order valence-electron chi connectivity index (χ1n) is 6.95. The highest BCUT2D eigenvalue weighted by atomic mass is 79.9. The molecule has 1 amide bonds. The van der Waals surface area contributed by atoms with E-state index in [9.17, 15) is 4.79 Å². The predicted molar refractivity (Wildman–Crippen MR) is 95.7 cm³/mol. The molecule has 0 aromatic heterocycles. The quantitative estimate of drug-likeness (QED) is 0.708. The highest BCUT2D eigenvalue weighted by molar-refractivity contribution is 9.10. The van der Waals surface area contributed by atoms with Crippen LogP contribution in [0.5, 0.6) is 5.75 Å². The van der Waals surface area contributed by atoms with Gasteiger partial charge in [0.1, 0.15) is 11.8 Å². The summed E-state index contributed by atoms with van der Waals surface area (Å²) in [6.45, 7) is -0.0127. The number of carbonyl (C=O) groups is 1. The molecule has 0 saturated carbocycles. The van der Waals surface area contributed by atoms with Crippen molar-refractivity contribution in [2.75, 3.05) is 17.7 Å². The summed E-state index contributed by atoms with van der Waals surface area (Å²) in [7, 11) is 0. The van der Waals surface area contributed by atoms with Crippen LogP contribution in [-0.2, 0) is 4.79 Å². The van der Waals surface area contributed by atoms with E-state index in [0.717, 1.165) is 9.37 Å². The van der Waals surface area contributed by atoms with Gasteiger partial charge in [-0.1, -0.05) is 22.0 Å². The molecule has 1 N–H and O–H groups in total. The van der Waals surface area contributed by atoms with Crippen LogP contribution >= 0.6 is 27.7 Å². The molecule has 118 valence electrons. The predicted octanol–water partition coefficient (Wildman–Crippen LogP) is 4.47. The van der Waals surface area contributed by atoms with Gasteiger partial charge in [0, 0.05) is 33.3 Å². The number of rotatable bonds is 7. The van der Waals surface area contributed by atoms with E-state index in [1.54, 1.807) is 36.0 Å². The molecule has 23 heavy (non-hydrogen) atoms. The number of hydrogen-bond donors (Lipinski definition) is 1. The Labute approximate surface area is 148 Å². The Hall–Kier alpha value is -1.97. The summed E-state index contributed by atoms with van der Waals surface area (Å²) in [4.78, 5) is 13.1. The molecular weight excluding hydrogens is 376 g/mol. The maximum atomic E-state index is 12.0. The van der Waals surface area contributed by atoms with Gasteiger partial charge >= 0.3 is 0 Å². The molecule has 4 nitrogen and oxygen atoms in total. The number of thioether (sulfide) groups is 1. The van der Waals surface area contributed by atoms with Crippen LogP contribution in [0.4, 0.5) is 5.69 Å². The molecule has 6 heteroatoms. The zero-order valence-electron chi connectivity index (χ0n) is 12.3. The van der Waals surface area contributed by atoms with Crippen molar-refractivity contribution in [3.05, 3.63) is 53.0 Å². The fourth-order valence-electron chi connectivity index (χ4n) is 1.80. The number of carbonyl (C=O) groups excluding carboxylic acids is 1. The lowest BCUT2D eigenvalue weighted by Crippen LogP contribution is -2.12. The van der Waals surface area contributed by atoms with Crippen LogP contribution in [0.25, 0.3) is 0 Å². The number of benzene rings is 2. The summed E-state index contributed by atoms with van der Waals surface area (Å²) in [6.07, 6.45) is 0.421. The van der Waals surface area contributed by atoms with Crippen molar-refractivity contribution in [1.29, 1.82) is 5.26 Å². The average Bonchev–Trinajstić information content (AvgIpc) is 2.55. The molecule has 2 aromatic rings. The third kappa shape index (κ3) is 6.35. The van der Waals surface area contributed by atoms with Gasteiger partial charge in [0.05, 0.1) is 0 Å². The molecule has 0 spiro atoms. The number of hydrogen-bond acceptors (Lipinski definition) is 4. The molecule has 0 aliphatic heterocycles. The third-order valence-corrected chi connectivity index (χ3v) is 4.38. The lowest BCUT2D eigenvalue weighted by atomic mass is 10.3. The maximum Gasteiger partial charge on any atom is 0.225 e. The first-order chi connectivity index (χ1) is 11.2. The van der Waals surface area contributed by atoms with E-state index >= 15 is 0 Å². The monoisotopic (exact) mass is 390 g/mol. The van der Waals surface area contributed by atoms with Crippen molar-refractivity contribution >= 4 is 39.3 Å². The Bertz CT molecular complexity index is 698. The van der Waals surface area contributed by atoms with Gasteiger partial charge in [0.15, 0.2) is 6.61 Å². The second-order valence-corrected chi connectivity index (χ2v) is 6.66. The van der Waals surface area contributed by atoms with Crippen LogP contribution in [0, 0.1) is 11.3 Å². The molecule has 0 saturated heterocycles. The number of nitrogens with one attached hydrogen (secondary N) is 1. The smallest absolute Gasteiger partial charge is 0.225 e. The van der Waals surface area contributed by atoms with Gasteiger partial charge in [-0.2, -0.15) is 5.26 Å². The van der Waals surface area contributed by atoms with Crippen LogP contribution in [-0.4, -0.2) is 18.3 Å². The number of halogens is 1. The summed E-state index contributed by atoms with van der Waals surface area (Å²) in [5.41, 5.74) is 0.666. The number of amides is 1. The maximum absolute atomic E-state index is 12.0. The Morgan fingerprint density at radius 2 is 2.04 bits per heavy atom. The Balaban J connectivity index is 1.78. The molecule has 0 atom stereocenters. The van der Waals surface area contributed by atoms with Gasteiger partial charge in [0.2, 0.25) is 5.91 Å². The van der Waals surface area contributed by atoms with Crippen LogP contribution in [0.15, 0.2) is 57.9 Å². The van der Waals surface area contributed by atoms with E-state index in [-0.39, 0.29) is 12.5 Å². The first-order valence-corrected chi connectivity index (χ1v) is 8.73. The fraction of sp³-hybridized carbons (Fsp3) is 0.176. The van der Waals surface area contributed by atoms with E-state index in [1.165, 1.54) is 0 Å². The summed E-state index contributed by atoms with van der Waals surface area (Å²) < 4.78 is 6.25. The molecule has 0 aliphatic carbocycles. The fourth-order valence-corrected chi connectivity index (χ4v) is 2.91. The van der Waals surface area contributed by atoms with E-state index in [1.807, 2.05) is 30.3 Å². The normalized spacial score (nSPS) is 9.91. The molecule has 0 heterocycles. The van der Waals surface area contributed by atoms with Gasteiger partial charge in [-0.3, -0.25) is 4.79 Å². The molecule has 0 radical (unpaired) electrons. The van der Waals surface area contributed by atoms with Gasteiger partial charge in [-0.05, 0) is 36.4 Å². The van der Waals surface area contributed by atoms with E-state index in [0.29, 0.717) is 23.6 Å². The van der Waals surface area contributed by atoms with E-state index in [4.69, 9.17) is 10.00 Å². The van der Waals surface area contributed by atoms with Crippen molar-refractivity contribution in [3.63, 3.8) is 0 Å². The lowest BCUT2D eigenvalue weighted by molar-refractivity contribution is -0.115. The van der Waals surface area contributed by atoms with Gasteiger partial charge < -0.3 is 10.1 Å². The molecule has 2 rings (SSSR count). The second-order valence-electron chi connectivity index (χ2n) is 4.58. The number of nitrogens with zero attached hydrogens (tertiary/aromatic N) is 1. The average molecular weight is 391 g/mol. The Morgan fingerprint density at radius 1 is 1.26 bits per heavy atom. The SMILES string of the molecule is N#CCOc1cccc(NC(=O)CCSc2ccc(Br)cc2)c1. The highest BCUT2D eigenvalue weighted by Gasteiger charge is 2.04. The van der Waals surface area contributed by atoms with Crippen molar-refractivity contribution in [2.24, 2.45) is 0 Å². The van der Waals surface area contributed by atoms with Crippen LogP contribution < -0.4 is 10.1 Å². The Kier molecular flexibility index (Phi) is 6.98. The Morgan fingerprint density at radius 3 is 2.78 bits per heavy atom. The van der Waals surface area contributed by atoms with Crippen molar-refractivity contribution in [3.8, 4) is 11.8 Å². The van der Waals surface area contributed by atoms with Crippen LogP contribution in [0.2, 0.25) is 0 Å². The zero-order valence-corrected chi connectivity index (χ0v) is 14.7. The van der Waals surface area contributed by atoms with Crippen LogP contribution in [0.3, 0.4) is 0 Å². The third-order valence-electron chi connectivity index (χ3n) is 2.83. The van der Waals surface area contributed by atoms with Crippen molar-refractivity contribution in [1.82, 2.24) is 0 Å². The number of ether oxygens (including phenoxy) is 1. The summed E-state index contributed by atoms with van der Waals surface area (Å²) in [5.74, 6) is 1.22. The van der Waals surface area contributed by atoms with Crippen LogP contribution in [0.1, 0.15) is 6.42 Å². The molecule has 0 unspecified atom stereocenters. The minimum Gasteiger partial charge on any atom is -0.479 e. The van der Waals surface area contributed by atoms with Crippen molar-refractivity contribution in [2.45, 2.75) is 11.3 Å². The summed E-state index contributed by atoms with van der Waals surface area (Å²) >= 11 is 5.03. The first kappa shape index (κ1) is 17.4. The largest absolute Gasteiger partial charge is 0.479 e.